The number of hydrogen-bond acceptors (Lipinski definition) is 7. The molecule has 1 aromatic heterocycles. The average Bonchev–Trinajstić information content (AvgIpc) is 3.07. The number of nitrogen functional groups attached to an aromatic ring is 1. The normalized spacial score (nSPS) is 11.7. The van der Waals surface area contributed by atoms with E-state index in [-0.39, 0.29) is 12.0 Å². The molecule has 0 fully saturated rings. The second-order valence-electron chi connectivity index (χ2n) is 11.6. The second kappa shape index (κ2) is 16.6. The van der Waals surface area contributed by atoms with Gasteiger partial charge in [-0.15, -0.1) is 0 Å². The summed E-state index contributed by atoms with van der Waals surface area (Å²) in [6, 6.07) is 29.2. The summed E-state index contributed by atoms with van der Waals surface area (Å²) in [5.74, 6) is -1.23. The second-order valence-corrected chi connectivity index (χ2v) is 11.6. The number of carboxylic acids is 1. The van der Waals surface area contributed by atoms with Gasteiger partial charge in [0.2, 0.25) is 5.91 Å². The van der Waals surface area contributed by atoms with E-state index >= 15 is 0 Å². The molecule has 12 heteroatoms. The molecule has 1 atom stereocenters. The molecular formula is C38H39F3N4O5. The standard InChI is InChI=1S/C36H38N4O3.C2HF3O2/c1-5-42-33-21-27(13-16-32(33)43-23(2)3)34(40-29-14-15-31-26(20-29)17-18-38-35(31)37)36(41)39-22-28-10-6-7-12-30(28)25-11-8-9-24(4)19-25;3-2(4,5)1(6)7/h6-21,23,34,40H,5,22H2,1-4H3,(H2,37,38)(H,39,41);(H,6,7). The number of aryl methyl sites for hydroxylation is 1. The van der Waals surface area contributed by atoms with Gasteiger partial charge in [-0.1, -0.05) is 60.2 Å². The van der Waals surface area contributed by atoms with Gasteiger partial charge >= 0.3 is 12.1 Å². The Kier molecular flexibility index (Phi) is 12.3. The number of halogens is 3. The van der Waals surface area contributed by atoms with Crippen LogP contribution in [0.4, 0.5) is 24.7 Å². The molecule has 5 aromatic rings. The van der Waals surface area contributed by atoms with Crippen molar-refractivity contribution in [2.75, 3.05) is 17.7 Å². The molecule has 0 saturated carbocycles. The summed E-state index contributed by atoms with van der Waals surface area (Å²) >= 11 is 0. The Balaban J connectivity index is 0.000000727. The number of ether oxygens (including phenoxy) is 2. The van der Waals surface area contributed by atoms with Crippen molar-refractivity contribution in [2.24, 2.45) is 0 Å². The third-order valence-corrected chi connectivity index (χ3v) is 7.37. The lowest BCUT2D eigenvalue weighted by atomic mass is 9.98. The number of rotatable bonds is 11. The van der Waals surface area contributed by atoms with Crippen LogP contribution in [0.25, 0.3) is 21.9 Å². The Morgan fingerprint density at radius 3 is 2.36 bits per heavy atom. The van der Waals surface area contributed by atoms with Crippen LogP contribution >= 0.6 is 0 Å². The van der Waals surface area contributed by atoms with E-state index in [1.165, 1.54) is 5.56 Å². The fourth-order valence-electron chi connectivity index (χ4n) is 5.13. The molecule has 0 aliphatic heterocycles. The highest BCUT2D eigenvalue weighted by molar-refractivity contribution is 5.94. The van der Waals surface area contributed by atoms with Crippen LogP contribution < -0.4 is 25.8 Å². The van der Waals surface area contributed by atoms with Crippen molar-refractivity contribution in [3.63, 3.8) is 0 Å². The number of aliphatic carboxylic acids is 1. The molecule has 0 aliphatic carbocycles. The van der Waals surface area contributed by atoms with Crippen LogP contribution in [0, 0.1) is 6.92 Å². The maximum Gasteiger partial charge on any atom is 0.490 e. The van der Waals surface area contributed by atoms with Gasteiger partial charge in [0, 0.05) is 23.8 Å². The van der Waals surface area contributed by atoms with E-state index in [1.807, 2.05) is 81.4 Å². The van der Waals surface area contributed by atoms with Gasteiger partial charge in [-0.25, -0.2) is 9.78 Å². The van der Waals surface area contributed by atoms with Crippen molar-refractivity contribution < 1.29 is 37.3 Å². The fourth-order valence-corrected chi connectivity index (χ4v) is 5.13. The van der Waals surface area contributed by atoms with E-state index in [2.05, 4.69) is 52.9 Å². The first-order valence-electron chi connectivity index (χ1n) is 15.8. The van der Waals surface area contributed by atoms with Crippen molar-refractivity contribution >= 4 is 34.2 Å². The van der Waals surface area contributed by atoms with Crippen LogP contribution in [0.2, 0.25) is 0 Å². The lowest BCUT2D eigenvalue weighted by Gasteiger charge is -2.23. The van der Waals surface area contributed by atoms with Crippen LogP contribution in [-0.4, -0.2) is 40.9 Å². The van der Waals surface area contributed by atoms with Crippen molar-refractivity contribution in [1.82, 2.24) is 10.3 Å². The molecule has 0 spiro atoms. The van der Waals surface area contributed by atoms with Crippen molar-refractivity contribution in [3.8, 4) is 22.6 Å². The molecule has 0 radical (unpaired) electrons. The van der Waals surface area contributed by atoms with Gasteiger partial charge in [0.15, 0.2) is 11.5 Å². The van der Waals surface area contributed by atoms with E-state index < -0.39 is 18.2 Å². The van der Waals surface area contributed by atoms with Gasteiger partial charge in [0.05, 0.1) is 12.7 Å². The Hall–Kier alpha value is -5.78. The number of amides is 1. The molecule has 0 bridgehead atoms. The lowest BCUT2D eigenvalue weighted by Crippen LogP contribution is -2.33. The highest BCUT2D eigenvalue weighted by Gasteiger charge is 2.38. The summed E-state index contributed by atoms with van der Waals surface area (Å²) in [5.41, 5.74) is 12.0. The largest absolute Gasteiger partial charge is 0.490 e. The predicted octanol–water partition coefficient (Wildman–Crippen LogP) is 8.08. The van der Waals surface area contributed by atoms with E-state index in [0.717, 1.165) is 38.7 Å². The number of alkyl halides is 3. The molecule has 0 saturated heterocycles. The summed E-state index contributed by atoms with van der Waals surface area (Å²) < 4.78 is 43.6. The SMILES string of the molecule is CCOc1cc(C(Nc2ccc3c(N)nccc3c2)C(=O)NCc2ccccc2-c2cccc(C)c2)ccc1OC(C)C.O=C(O)C(F)(F)F. The number of hydrogen-bond donors (Lipinski definition) is 4. The number of carbonyl (C=O) groups excluding carboxylic acids is 1. The first-order chi connectivity index (χ1) is 23.8. The summed E-state index contributed by atoms with van der Waals surface area (Å²) in [7, 11) is 0. The molecule has 50 heavy (non-hydrogen) atoms. The smallest absolute Gasteiger partial charge is 0.490 e. The zero-order valence-electron chi connectivity index (χ0n) is 28.0. The zero-order chi connectivity index (χ0) is 36.4. The molecule has 9 nitrogen and oxygen atoms in total. The van der Waals surface area contributed by atoms with Gasteiger partial charge in [-0.05, 0) is 91.7 Å². The Labute approximate surface area is 288 Å². The highest BCUT2D eigenvalue weighted by atomic mass is 19.4. The van der Waals surface area contributed by atoms with Crippen molar-refractivity contribution in [2.45, 2.75) is 52.6 Å². The number of fused-ring (bicyclic) bond motifs is 1. The lowest BCUT2D eigenvalue weighted by molar-refractivity contribution is -0.192. The molecule has 262 valence electrons. The van der Waals surface area contributed by atoms with Crippen LogP contribution in [0.15, 0.2) is 97.2 Å². The first-order valence-corrected chi connectivity index (χ1v) is 15.8. The van der Waals surface area contributed by atoms with Crippen LogP contribution in [0.3, 0.4) is 0 Å². The van der Waals surface area contributed by atoms with E-state index in [1.54, 1.807) is 6.20 Å². The minimum Gasteiger partial charge on any atom is -0.490 e. The topological polar surface area (TPSA) is 136 Å². The molecular weight excluding hydrogens is 649 g/mol. The quantitative estimate of drug-likeness (QED) is 0.109. The van der Waals surface area contributed by atoms with Crippen molar-refractivity contribution in [3.05, 3.63) is 114 Å². The fraction of sp³-hybridized carbons (Fsp3) is 0.237. The Morgan fingerprint density at radius 1 is 0.940 bits per heavy atom. The summed E-state index contributed by atoms with van der Waals surface area (Å²) in [5, 5.41) is 15.6. The summed E-state index contributed by atoms with van der Waals surface area (Å²) in [6.45, 7) is 8.79. The number of nitrogens with zero attached hydrogens (tertiary/aromatic N) is 1. The summed E-state index contributed by atoms with van der Waals surface area (Å²) in [4.78, 5) is 27.1. The molecule has 5 rings (SSSR count). The molecule has 4 aromatic carbocycles. The maximum absolute atomic E-state index is 14.0. The number of nitrogens with one attached hydrogen (secondary N) is 2. The van der Waals surface area contributed by atoms with E-state index in [4.69, 9.17) is 25.1 Å². The first kappa shape index (κ1) is 37.0. The maximum atomic E-state index is 14.0. The number of carbonyl (C=O) groups is 2. The Morgan fingerprint density at radius 2 is 1.68 bits per heavy atom. The number of anilines is 2. The number of carboxylic acid groups (broad SMARTS) is 1. The van der Waals surface area contributed by atoms with Gasteiger partial charge < -0.3 is 30.9 Å². The number of benzene rings is 4. The third-order valence-electron chi connectivity index (χ3n) is 7.37. The van der Waals surface area contributed by atoms with Gasteiger partial charge in [-0.3, -0.25) is 4.79 Å². The van der Waals surface area contributed by atoms with Gasteiger partial charge in [0.25, 0.3) is 0 Å². The van der Waals surface area contributed by atoms with E-state index in [0.29, 0.717) is 30.5 Å². The minimum absolute atomic E-state index is 0.0183. The van der Waals surface area contributed by atoms with Gasteiger partial charge in [0.1, 0.15) is 11.9 Å². The zero-order valence-corrected chi connectivity index (χ0v) is 28.0. The summed E-state index contributed by atoms with van der Waals surface area (Å²) in [6.07, 6.45) is -3.42. The number of aromatic nitrogens is 1. The monoisotopic (exact) mass is 688 g/mol. The van der Waals surface area contributed by atoms with Crippen LogP contribution in [-0.2, 0) is 16.1 Å². The third kappa shape index (κ3) is 9.88. The molecule has 5 N–H and O–H groups in total. The van der Waals surface area contributed by atoms with E-state index in [9.17, 15) is 18.0 Å². The predicted molar refractivity (Wildman–Crippen MR) is 188 cm³/mol. The average molecular weight is 689 g/mol. The van der Waals surface area contributed by atoms with Gasteiger partial charge in [-0.2, -0.15) is 13.2 Å². The highest BCUT2D eigenvalue weighted by Crippen LogP contribution is 2.34. The van der Waals surface area contributed by atoms with Crippen LogP contribution in [0.1, 0.15) is 43.5 Å². The van der Waals surface area contributed by atoms with Crippen molar-refractivity contribution in [1.29, 1.82) is 0 Å². The molecule has 1 unspecified atom stereocenters. The molecule has 1 amide bonds. The number of pyridine rings is 1. The molecule has 0 aliphatic rings. The Bertz CT molecular complexity index is 1950. The minimum atomic E-state index is -5.08. The molecule has 1 heterocycles. The van der Waals surface area contributed by atoms with Crippen LogP contribution in [0.5, 0.6) is 11.5 Å². The number of nitrogens with two attached hydrogens (primary N) is 1.